The number of carbonyl (C=O) groups is 1. The van der Waals surface area contributed by atoms with Crippen LogP contribution in [-0.4, -0.2) is 33.7 Å². The SMILES string of the molecule is CSC1(CNC(=O)c2ccc(NN)nn2)CCCC1. The Hall–Kier alpha value is -1.34. The van der Waals surface area contributed by atoms with Crippen LogP contribution < -0.4 is 16.6 Å². The molecule has 0 saturated heterocycles. The molecule has 7 heteroatoms. The molecule has 19 heavy (non-hydrogen) atoms. The van der Waals surface area contributed by atoms with Gasteiger partial charge in [0.1, 0.15) is 0 Å². The molecule has 0 aromatic carbocycles. The van der Waals surface area contributed by atoms with E-state index in [0.29, 0.717) is 18.1 Å². The fourth-order valence-corrected chi connectivity index (χ4v) is 3.25. The van der Waals surface area contributed by atoms with Crippen molar-refractivity contribution < 1.29 is 4.79 Å². The lowest BCUT2D eigenvalue weighted by atomic mass is 10.1. The van der Waals surface area contributed by atoms with Crippen LogP contribution in [-0.2, 0) is 0 Å². The fraction of sp³-hybridized carbons (Fsp3) is 0.583. The number of nitrogens with zero attached hydrogens (tertiary/aromatic N) is 2. The molecule has 1 heterocycles. The minimum atomic E-state index is -0.184. The third kappa shape index (κ3) is 3.36. The second-order valence-electron chi connectivity index (χ2n) is 4.73. The third-order valence-corrected chi connectivity index (χ3v) is 4.98. The monoisotopic (exact) mass is 281 g/mol. The van der Waals surface area contributed by atoms with Crippen molar-refractivity contribution in [1.29, 1.82) is 0 Å². The Bertz CT molecular complexity index is 430. The molecule has 4 N–H and O–H groups in total. The normalized spacial score (nSPS) is 17.2. The highest BCUT2D eigenvalue weighted by Gasteiger charge is 2.33. The van der Waals surface area contributed by atoms with Crippen LogP contribution in [0.4, 0.5) is 5.82 Å². The first-order chi connectivity index (χ1) is 9.19. The molecule has 6 nitrogen and oxygen atoms in total. The summed E-state index contributed by atoms with van der Waals surface area (Å²) in [6, 6.07) is 3.24. The van der Waals surface area contributed by atoms with Gasteiger partial charge in [-0.2, -0.15) is 11.8 Å². The Balaban J connectivity index is 1.93. The zero-order chi connectivity index (χ0) is 13.7. The quantitative estimate of drug-likeness (QED) is 0.554. The number of nitrogen functional groups attached to an aromatic ring is 1. The smallest absolute Gasteiger partial charge is 0.271 e. The zero-order valence-electron chi connectivity index (χ0n) is 11.0. The van der Waals surface area contributed by atoms with E-state index in [1.807, 2.05) is 11.8 Å². The number of hydrogen-bond donors (Lipinski definition) is 3. The van der Waals surface area contributed by atoms with Crippen LogP contribution in [0.5, 0.6) is 0 Å². The van der Waals surface area contributed by atoms with Crippen molar-refractivity contribution in [3.8, 4) is 0 Å². The third-order valence-electron chi connectivity index (χ3n) is 3.56. The maximum Gasteiger partial charge on any atom is 0.271 e. The van der Waals surface area contributed by atoms with Gasteiger partial charge in [-0.3, -0.25) is 4.79 Å². The summed E-state index contributed by atoms with van der Waals surface area (Å²) in [5, 5.41) is 10.6. The molecular formula is C12H19N5OS. The number of aromatic nitrogens is 2. The van der Waals surface area contributed by atoms with Crippen LogP contribution in [0.1, 0.15) is 36.2 Å². The van der Waals surface area contributed by atoms with Gasteiger partial charge in [0.25, 0.3) is 5.91 Å². The highest BCUT2D eigenvalue weighted by atomic mass is 32.2. The Morgan fingerprint density at radius 1 is 1.42 bits per heavy atom. The summed E-state index contributed by atoms with van der Waals surface area (Å²) in [6.45, 7) is 0.686. The molecule has 0 atom stereocenters. The van der Waals surface area contributed by atoms with Crippen molar-refractivity contribution >= 4 is 23.5 Å². The van der Waals surface area contributed by atoms with E-state index in [-0.39, 0.29) is 10.7 Å². The van der Waals surface area contributed by atoms with Crippen molar-refractivity contribution in [2.24, 2.45) is 5.84 Å². The second-order valence-corrected chi connectivity index (χ2v) is 6.00. The van der Waals surface area contributed by atoms with Crippen molar-refractivity contribution in [2.45, 2.75) is 30.4 Å². The van der Waals surface area contributed by atoms with Crippen molar-refractivity contribution in [3.05, 3.63) is 17.8 Å². The van der Waals surface area contributed by atoms with Gasteiger partial charge in [0.15, 0.2) is 11.5 Å². The summed E-state index contributed by atoms with van der Waals surface area (Å²) < 4.78 is 0.196. The molecule has 0 aliphatic heterocycles. The first kappa shape index (κ1) is 14.1. The standard InChI is InChI=1S/C12H19N5OS/c1-19-12(6-2-3-7-12)8-14-11(18)9-4-5-10(15-13)17-16-9/h4-5H,2-3,6-8,13H2,1H3,(H,14,18)(H,15,17). The molecule has 0 bridgehead atoms. The van der Waals surface area contributed by atoms with Crippen molar-refractivity contribution in [2.75, 3.05) is 18.2 Å². The molecule has 2 rings (SSSR count). The first-order valence-electron chi connectivity index (χ1n) is 6.33. The predicted octanol–water partition coefficient (Wildman–Crippen LogP) is 1.17. The number of nitrogens with two attached hydrogens (primary N) is 1. The number of hydrogen-bond acceptors (Lipinski definition) is 6. The Kier molecular flexibility index (Phi) is 4.60. The van der Waals surface area contributed by atoms with Gasteiger partial charge >= 0.3 is 0 Å². The highest BCUT2D eigenvalue weighted by Crippen LogP contribution is 2.39. The molecule has 1 aromatic heterocycles. The number of amides is 1. The average molecular weight is 281 g/mol. The van der Waals surface area contributed by atoms with Crippen LogP contribution >= 0.6 is 11.8 Å². The maximum atomic E-state index is 12.0. The molecule has 0 radical (unpaired) electrons. The fourth-order valence-electron chi connectivity index (χ4n) is 2.33. The first-order valence-corrected chi connectivity index (χ1v) is 7.55. The molecule has 0 unspecified atom stereocenters. The molecule has 1 aliphatic carbocycles. The van der Waals surface area contributed by atoms with E-state index in [1.165, 1.54) is 12.8 Å². The van der Waals surface area contributed by atoms with E-state index < -0.39 is 0 Å². The van der Waals surface area contributed by atoms with Crippen LogP contribution in [0, 0.1) is 0 Å². The lowest BCUT2D eigenvalue weighted by Crippen LogP contribution is -2.38. The Labute approximate surface area is 116 Å². The van der Waals surface area contributed by atoms with Gasteiger partial charge in [-0.25, -0.2) is 5.84 Å². The van der Waals surface area contributed by atoms with E-state index in [2.05, 4.69) is 27.2 Å². The van der Waals surface area contributed by atoms with Gasteiger partial charge in [0.2, 0.25) is 0 Å². The molecule has 1 fully saturated rings. The molecule has 1 saturated carbocycles. The molecule has 1 aliphatic rings. The second kappa shape index (κ2) is 6.21. The number of thioether (sulfide) groups is 1. The maximum absolute atomic E-state index is 12.0. The Morgan fingerprint density at radius 2 is 2.16 bits per heavy atom. The minimum absolute atomic E-state index is 0.184. The summed E-state index contributed by atoms with van der Waals surface area (Å²) in [4.78, 5) is 12.0. The molecule has 1 aromatic rings. The number of anilines is 1. The molecule has 1 amide bonds. The number of carbonyl (C=O) groups excluding carboxylic acids is 1. The van der Waals surface area contributed by atoms with Crippen molar-refractivity contribution in [1.82, 2.24) is 15.5 Å². The van der Waals surface area contributed by atoms with Gasteiger partial charge in [-0.15, -0.1) is 10.2 Å². The number of rotatable bonds is 5. The van der Waals surface area contributed by atoms with Crippen LogP contribution in [0.2, 0.25) is 0 Å². The van der Waals surface area contributed by atoms with Crippen molar-refractivity contribution in [3.63, 3.8) is 0 Å². The zero-order valence-corrected chi connectivity index (χ0v) is 11.8. The van der Waals surface area contributed by atoms with E-state index >= 15 is 0 Å². The molecular weight excluding hydrogens is 262 g/mol. The van der Waals surface area contributed by atoms with Gasteiger partial charge in [0, 0.05) is 11.3 Å². The van der Waals surface area contributed by atoms with E-state index in [9.17, 15) is 4.79 Å². The van der Waals surface area contributed by atoms with E-state index in [4.69, 9.17) is 5.84 Å². The van der Waals surface area contributed by atoms with Gasteiger partial charge < -0.3 is 10.7 Å². The Morgan fingerprint density at radius 3 is 2.68 bits per heavy atom. The van der Waals surface area contributed by atoms with Gasteiger partial charge in [0.05, 0.1) is 0 Å². The summed E-state index contributed by atoms with van der Waals surface area (Å²) in [7, 11) is 0. The molecule has 0 spiro atoms. The van der Waals surface area contributed by atoms with Gasteiger partial charge in [-0.1, -0.05) is 12.8 Å². The number of nitrogens with one attached hydrogen (secondary N) is 2. The highest BCUT2D eigenvalue weighted by molar-refractivity contribution is 8.00. The summed E-state index contributed by atoms with van der Waals surface area (Å²) >= 11 is 1.85. The van der Waals surface area contributed by atoms with E-state index in [0.717, 1.165) is 12.8 Å². The van der Waals surface area contributed by atoms with Gasteiger partial charge in [-0.05, 0) is 31.2 Å². The lowest BCUT2D eigenvalue weighted by Gasteiger charge is -2.26. The minimum Gasteiger partial charge on any atom is -0.349 e. The summed E-state index contributed by atoms with van der Waals surface area (Å²) in [5.41, 5.74) is 2.69. The summed E-state index contributed by atoms with van der Waals surface area (Å²) in [5.74, 6) is 5.45. The molecule has 104 valence electrons. The lowest BCUT2D eigenvalue weighted by molar-refractivity contribution is 0.0943. The summed E-state index contributed by atoms with van der Waals surface area (Å²) in [6.07, 6.45) is 6.92. The van der Waals surface area contributed by atoms with Crippen LogP contribution in [0.3, 0.4) is 0 Å². The van der Waals surface area contributed by atoms with Crippen LogP contribution in [0.25, 0.3) is 0 Å². The van der Waals surface area contributed by atoms with E-state index in [1.54, 1.807) is 12.1 Å². The number of hydrazine groups is 1. The average Bonchev–Trinajstić information content (AvgIpc) is 2.94. The van der Waals surface area contributed by atoms with Crippen LogP contribution in [0.15, 0.2) is 12.1 Å². The topological polar surface area (TPSA) is 92.9 Å². The predicted molar refractivity (Wildman–Crippen MR) is 76.9 cm³/mol. The largest absolute Gasteiger partial charge is 0.349 e.